The Kier molecular flexibility index (Phi) is 5.80. The summed E-state index contributed by atoms with van der Waals surface area (Å²) in [6.07, 6.45) is 0. The summed E-state index contributed by atoms with van der Waals surface area (Å²) in [6, 6.07) is 5.21. The first-order valence-corrected chi connectivity index (χ1v) is 5.07. The molecule has 0 spiro atoms. The number of thiol groups is 1. The average Bonchev–Trinajstić information content (AvgIpc) is 2.13. The van der Waals surface area contributed by atoms with Gasteiger partial charge in [0.25, 0.3) is 0 Å². The van der Waals surface area contributed by atoms with Crippen molar-refractivity contribution in [1.82, 2.24) is 0 Å². The SMILES string of the molecule is CC.Cc1ccc(C(C)S)cc1F. The number of hydrogen-bond acceptors (Lipinski definition) is 1. The number of benzene rings is 1. The van der Waals surface area contributed by atoms with E-state index < -0.39 is 0 Å². The van der Waals surface area contributed by atoms with Crippen molar-refractivity contribution in [2.24, 2.45) is 0 Å². The highest BCUT2D eigenvalue weighted by Gasteiger charge is 2.02. The highest BCUT2D eigenvalue weighted by atomic mass is 32.1. The zero-order valence-electron chi connectivity index (χ0n) is 8.63. The standard InChI is InChI=1S/C9H11FS.C2H6/c1-6-3-4-8(7(2)11)5-9(6)10;1-2/h3-5,7,11H,1-2H3;1-2H3. The molecule has 2 heteroatoms. The van der Waals surface area contributed by atoms with E-state index in [1.807, 2.05) is 26.8 Å². The topological polar surface area (TPSA) is 0 Å². The van der Waals surface area contributed by atoms with E-state index in [0.717, 1.165) is 5.56 Å². The minimum Gasteiger partial charge on any atom is -0.207 e. The molecule has 0 nitrogen and oxygen atoms in total. The first-order chi connectivity index (χ1) is 6.11. The highest BCUT2D eigenvalue weighted by molar-refractivity contribution is 7.80. The Morgan fingerprint density at radius 3 is 2.23 bits per heavy atom. The highest BCUT2D eigenvalue weighted by Crippen LogP contribution is 2.20. The maximum absolute atomic E-state index is 12.9. The third-order valence-electron chi connectivity index (χ3n) is 1.68. The molecule has 0 amide bonds. The average molecular weight is 200 g/mol. The summed E-state index contributed by atoms with van der Waals surface area (Å²) < 4.78 is 12.9. The van der Waals surface area contributed by atoms with Crippen molar-refractivity contribution in [3.63, 3.8) is 0 Å². The van der Waals surface area contributed by atoms with Crippen LogP contribution >= 0.6 is 12.6 Å². The fraction of sp³-hybridized carbons (Fsp3) is 0.455. The van der Waals surface area contributed by atoms with Crippen molar-refractivity contribution < 1.29 is 4.39 Å². The van der Waals surface area contributed by atoms with Gasteiger partial charge in [-0.05, 0) is 31.0 Å². The summed E-state index contributed by atoms with van der Waals surface area (Å²) in [6.45, 7) is 7.68. The lowest BCUT2D eigenvalue weighted by atomic mass is 10.1. The summed E-state index contributed by atoms with van der Waals surface area (Å²) in [5.74, 6) is -0.150. The first kappa shape index (κ1) is 12.5. The normalized spacial score (nSPS) is 11.5. The molecule has 0 aliphatic carbocycles. The molecule has 0 saturated heterocycles. The van der Waals surface area contributed by atoms with Crippen molar-refractivity contribution in [3.05, 3.63) is 35.1 Å². The number of halogens is 1. The Bertz CT molecular complexity index is 256. The zero-order valence-corrected chi connectivity index (χ0v) is 9.53. The van der Waals surface area contributed by atoms with E-state index in [9.17, 15) is 4.39 Å². The second kappa shape index (κ2) is 6.03. The molecule has 1 aromatic rings. The van der Waals surface area contributed by atoms with Crippen LogP contribution in [0.2, 0.25) is 0 Å². The summed E-state index contributed by atoms with van der Waals surface area (Å²) in [5, 5.41) is 0.102. The Hall–Kier alpha value is -0.500. The molecule has 0 N–H and O–H groups in total. The van der Waals surface area contributed by atoms with Crippen molar-refractivity contribution in [1.29, 1.82) is 0 Å². The molecule has 1 aromatic carbocycles. The molecule has 74 valence electrons. The molecule has 0 fully saturated rings. The van der Waals surface area contributed by atoms with E-state index in [-0.39, 0.29) is 11.1 Å². The molecular formula is C11H17FS. The van der Waals surface area contributed by atoms with Gasteiger partial charge in [-0.2, -0.15) is 12.6 Å². The van der Waals surface area contributed by atoms with Gasteiger partial charge in [0.1, 0.15) is 5.82 Å². The third kappa shape index (κ3) is 3.81. The summed E-state index contributed by atoms with van der Waals surface area (Å²) >= 11 is 4.20. The smallest absolute Gasteiger partial charge is 0.126 e. The van der Waals surface area contributed by atoms with Gasteiger partial charge in [-0.3, -0.25) is 0 Å². The van der Waals surface area contributed by atoms with Crippen LogP contribution in [-0.2, 0) is 0 Å². The van der Waals surface area contributed by atoms with Crippen LogP contribution in [-0.4, -0.2) is 0 Å². The molecule has 1 unspecified atom stereocenters. The van der Waals surface area contributed by atoms with Crippen LogP contribution < -0.4 is 0 Å². The molecule has 0 aromatic heterocycles. The fourth-order valence-electron chi connectivity index (χ4n) is 0.869. The molecule has 0 aliphatic heterocycles. The first-order valence-electron chi connectivity index (χ1n) is 4.55. The predicted octanol–water partition coefficient (Wildman–Crippen LogP) is 4.15. The summed E-state index contributed by atoms with van der Waals surface area (Å²) in [7, 11) is 0. The maximum Gasteiger partial charge on any atom is 0.126 e. The van der Waals surface area contributed by atoms with E-state index >= 15 is 0 Å². The van der Waals surface area contributed by atoms with Crippen molar-refractivity contribution in [3.8, 4) is 0 Å². The van der Waals surface area contributed by atoms with E-state index in [0.29, 0.717) is 5.56 Å². The van der Waals surface area contributed by atoms with Gasteiger partial charge in [0.05, 0.1) is 0 Å². The van der Waals surface area contributed by atoms with E-state index in [2.05, 4.69) is 12.6 Å². The lowest BCUT2D eigenvalue weighted by Gasteiger charge is -2.04. The van der Waals surface area contributed by atoms with Gasteiger partial charge in [-0.25, -0.2) is 4.39 Å². The molecule has 1 rings (SSSR count). The molecule has 1 atom stereocenters. The van der Waals surface area contributed by atoms with Crippen LogP contribution in [0.25, 0.3) is 0 Å². The Balaban J connectivity index is 0.000000671. The van der Waals surface area contributed by atoms with Crippen LogP contribution in [0.5, 0.6) is 0 Å². The van der Waals surface area contributed by atoms with Gasteiger partial charge in [0.2, 0.25) is 0 Å². The number of hydrogen-bond donors (Lipinski definition) is 1. The van der Waals surface area contributed by atoms with Crippen LogP contribution in [0, 0.1) is 12.7 Å². The molecule has 0 radical (unpaired) electrons. The van der Waals surface area contributed by atoms with Crippen molar-refractivity contribution >= 4 is 12.6 Å². The van der Waals surface area contributed by atoms with Crippen LogP contribution in [0.1, 0.15) is 37.1 Å². The van der Waals surface area contributed by atoms with Gasteiger partial charge in [0, 0.05) is 5.25 Å². The molecule has 0 heterocycles. The van der Waals surface area contributed by atoms with Gasteiger partial charge in [-0.1, -0.05) is 26.0 Å². The molecule has 0 bridgehead atoms. The second-order valence-corrected chi connectivity index (χ2v) is 3.46. The van der Waals surface area contributed by atoms with E-state index in [4.69, 9.17) is 0 Å². The third-order valence-corrected chi connectivity index (χ3v) is 1.98. The minimum atomic E-state index is -0.150. The summed E-state index contributed by atoms with van der Waals surface area (Å²) in [5.41, 5.74) is 1.61. The molecular weight excluding hydrogens is 183 g/mol. The second-order valence-electron chi connectivity index (χ2n) is 2.68. The quantitative estimate of drug-likeness (QED) is 0.647. The minimum absolute atomic E-state index is 0.102. The van der Waals surface area contributed by atoms with Gasteiger partial charge in [0.15, 0.2) is 0 Å². The van der Waals surface area contributed by atoms with Gasteiger partial charge < -0.3 is 0 Å². The zero-order chi connectivity index (χ0) is 10.4. The Morgan fingerprint density at radius 2 is 1.85 bits per heavy atom. The molecule has 0 aliphatic rings. The number of rotatable bonds is 1. The molecule has 13 heavy (non-hydrogen) atoms. The number of aryl methyl sites for hydroxylation is 1. The van der Waals surface area contributed by atoms with E-state index in [1.54, 1.807) is 13.0 Å². The van der Waals surface area contributed by atoms with Gasteiger partial charge >= 0.3 is 0 Å². The monoisotopic (exact) mass is 200 g/mol. The largest absolute Gasteiger partial charge is 0.207 e. The lowest BCUT2D eigenvalue weighted by molar-refractivity contribution is 0.616. The van der Waals surface area contributed by atoms with Gasteiger partial charge in [-0.15, -0.1) is 0 Å². The maximum atomic E-state index is 12.9. The Morgan fingerprint density at radius 1 is 1.31 bits per heavy atom. The van der Waals surface area contributed by atoms with Crippen LogP contribution in [0.3, 0.4) is 0 Å². The van der Waals surface area contributed by atoms with Crippen LogP contribution in [0.4, 0.5) is 4.39 Å². The fourth-order valence-corrected chi connectivity index (χ4v) is 1.03. The predicted molar refractivity (Wildman–Crippen MR) is 59.9 cm³/mol. The lowest BCUT2D eigenvalue weighted by Crippen LogP contribution is -1.88. The van der Waals surface area contributed by atoms with Crippen molar-refractivity contribution in [2.75, 3.05) is 0 Å². The summed E-state index contributed by atoms with van der Waals surface area (Å²) in [4.78, 5) is 0. The Labute approximate surface area is 85.6 Å². The van der Waals surface area contributed by atoms with E-state index in [1.165, 1.54) is 6.07 Å². The molecule has 0 saturated carbocycles. The van der Waals surface area contributed by atoms with Crippen molar-refractivity contribution in [2.45, 2.75) is 32.9 Å². The van der Waals surface area contributed by atoms with Crippen LogP contribution in [0.15, 0.2) is 18.2 Å².